The van der Waals surface area contributed by atoms with Crippen molar-refractivity contribution in [3.63, 3.8) is 0 Å². The van der Waals surface area contributed by atoms with E-state index in [4.69, 9.17) is 15.2 Å². The topological polar surface area (TPSA) is 114 Å². The number of benzene rings is 3. The molecule has 0 radical (unpaired) electrons. The molecular weight excluding hydrogens is 578 g/mol. The van der Waals surface area contributed by atoms with Gasteiger partial charge in [-0.2, -0.15) is 0 Å². The number of anilines is 2. The Hall–Kier alpha value is -4.04. The van der Waals surface area contributed by atoms with Crippen molar-refractivity contribution < 1.29 is 24.2 Å². The molecule has 4 N–H and O–H groups in total. The van der Waals surface area contributed by atoms with Crippen LogP contribution in [-0.2, 0) is 28.9 Å². The molecule has 3 aromatic carbocycles. The lowest BCUT2D eigenvalue weighted by Gasteiger charge is -2.31. The van der Waals surface area contributed by atoms with Crippen LogP contribution in [0.3, 0.4) is 0 Å². The average Bonchev–Trinajstić information content (AvgIpc) is 2.98. The number of fused-ring (bicyclic) bond motifs is 1. The van der Waals surface area contributed by atoms with Crippen molar-refractivity contribution in [1.82, 2.24) is 4.90 Å². The molecule has 0 fully saturated rings. The van der Waals surface area contributed by atoms with Gasteiger partial charge in [-0.1, -0.05) is 42.8 Å². The summed E-state index contributed by atoms with van der Waals surface area (Å²) < 4.78 is 11.0. The Bertz CT molecular complexity index is 1520. The number of aliphatic hydroxyl groups is 1. The Morgan fingerprint density at radius 1 is 0.913 bits per heavy atom. The first-order valence-corrected chi connectivity index (χ1v) is 16.3. The predicted molar refractivity (Wildman–Crippen MR) is 184 cm³/mol. The fourth-order valence-corrected chi connectivity index (χ4v) is 5.60. The first-order chi connectivity index (χ1) is 21.6. The van der Waals surface area contributed by atoms with Crippen molar-refractivity contribution in [2.24, 2.45) is 0 Å². The van der Waals surface area contributed by atoms with Gasteiger partial charge in [-0.3, -0.25) is 0 Å². The first-order valence-electron chi connectivity index (χ1n) is 16.3. The minimum absolute atomic E-state index is 0.297. The molecule has 8 heteroatoms. The van der Waals surface area contributed by atoms with Crippen LogP contribution in [0.4, 0.5) is 16.2 Å². The fourth-order valence-electron chi connectivity index (χ4n) is 5.60. The molecule has 1 amide bonds. The normalized spacial score (nSPS) is 14.0. The Balaban J connectivity index is 1.27. The standard InChI is InChI=1S/C38H51N3O5/c1-25-31(34(42)29-17-16-27-20-22-41(24-30(27)23-29)36(44)46-38(5,6)7)18-19-32(33(25)39)40-21-10-8-9-11-26-12-14-28(15-13-26)35(43)45-37(2,3)4/h12-19,23,34,40,42H,8-11,20-22,24,39H2,1-7H3. The second-order valence-electron chi connectivity index (χ2n) is 14.3. The van der Waals surface area contributed by atoms with Gasteiger partial charge in [-0.05, 0) is 126 Å². The zero-order chi connectivity index (χ0) is 33.6. The van der Waals surface area contributed by atoms with E-state index in [1.165, 1.54) is 11.1 Å². The minimum atomic E-state index is -0.836. The van der Waals surface area contributed by atoms with Crippen molar-refractivity contribution in [1.29, 1.82) is 0 Å². The van der Waals surface area contributed by atoms with Crippen LogP contribution in [-0.4, -0.2) is 46.4 Å². The summed E-state index contributed by atoms with van der Waals surface area (Å²) in [6.45, 7) is 15.0. The monoisotopic (exact) mass is 629 g/mol. The minimum Gasteiger partial charge on any atom is -0.456 e. The molecule has 4 rings (SSSR count). The number of esters is 1. The number of unbranched alkanes of at least 4 members (excludes halogenated alkanes) is 2. The molecule has 1 aliphatic rings. The van der Waals surface area contributed by atoms with E-state index in [0.29, 0.717) is 24.3 Å². The van der Waals surface area contributed by atoms with Gasteiger partial charge < -0.3 is 30.5 Å². The average molecular weight is 630 g/mol. The number of carbonyl (C=O) groups excluding carboxylic acids is 2. The van der Waals surface area contributed by atoms with Crippen LogP contribution in [0, 0.1) is 6.92 Å². The van der Waals surface area contributed by atoms with E-state index in [1.807, 2.05) is 103 Å². The number of nitrogen functional groups attached to an aromatic ring is 1. The quantitative estimate of drug-likeness (QED) is 0.119. The summed E-state index contributed by atoms with van der Waals surface area (Å²) >= 11 is 0. The van der Waals surface area contributed by atoms with E-state index in [-0.39, 0.29) is 12.1 Å². The maximum absolute atomic E-state index is 12.6. The summed E-state index contributed by atoms with van der Waals surface area (Å²) in [7, 11) is 0. The number of nitrogens with one attached hydrogen (secondary N) is 1. The molecule has 1 atom stereocenters. The van der Waals surface area contributed by atoms with Gasteiger partial charge >= 0.3 is 12.1 Å². The van der Waals surface area contributed by atoms with E-state index < -0.39 is 17.3 Å². The molecule has 46 heavy (non-hydrogen) atoms. The maximum atomic E-state index is 12.6. The van der Waals surface area contributed by atoms with Gasteiger partial charge in [0.25, 0.3) is 0 Å². The highest BCUT2D eigenvalue weighted by Gasteiger charge is 2.27. The van der Waals surface area contributed by atoms with E-state index >= 15 is 0 Å². The lowest BCUT2D eigenvalue weighted by Crippen LogP contribution is -2.39. The van der Waals surface area contributed by atoms with Crippen molar-refractivity contribution in [3.8, 4) is 0 Å². The number of hydrogen-bond donors (Lipinski definition) is 3. The van der Waals surface area contributed by atoms with Crippen molar-refractivity contribution in [2.45, 2.75) is 104 Å². The Kier molecular flexibility index (Phi) is 11.0. The Morgan fingerprint density at radius 3 is 2.28 bits per heavy atom. The highest BCUT2D eigenvalue weighted by molar-refractivity contribution is 5.89. The molecule has 248 valence electrons. The van der Waals surface area contributed by atoms with Gasteiger partial charge in [0, 0.05) is 19.6 Å². The Labute approximate surface area is 274 Å². The molecule has 0 saturated carbocycles. The largest absolute Gasteiger partial charge is 0.456 e. The SMILES string of the molecule is Cc1c(C(O)c2ccc3c(c2)CN(C(=O)OC(C)(C)C)CC3)ccc(NCCCCCc2ccc(C(=O)OC(C)(C)C)cc2)c1N. The second kappa shape index (κ2) is 14.6. The van der Waals surface area contributed by atoms with Crippen LogP contribution in [0.2, 0.25) is 0 Å². The molecule has 0 bridgehead atoms. The Morgan fingerprint density at radius 2 is 1.61 bits per heavy atom. The van der Waals surface area contributed by atoms with E-state index in [1.54, 1.807) is 4.90 Å². The summed E-state index contributed by atoms with van der Waals surface area (Å²) in [5.41, 5.74) is 13.3. The van der Waals surface area contributed by atoms with Gasteiger partial charge in [0.05, 0.1) is 16.9 Å². The van der Waals surface area contributed by atoms with Crippen LogP contribution in [0.15, 0.2) is 54.6 Å². The van der Waals surface area contributed by atoms with E-state index in [2.05, 4.69) is 5.32 Å². The van der Waals surface area contributed by atoms with Gasteiger partial charge in [0.15, 0.2) is 0 Å². The highest BCUT2D eigenvalue weighted by Crippen LogP contribution is 2.34. The van der Waals surface area contributed by atoms with Gasteiger partial charge in [-0.15, -0.1) is 0 Å². The van der Waals surface area contributed by atoms with Crippen LogP contribution in [0.25, 0.3) is 0 Å². The van der Waals surface area contributed by atoms with Crippen LogP contribution in [0.1, 0.15) is 111 Å². The third-order valence-corrected chi connectivity index (χ3v) is 8.11. The number of carbonyl (C=O) groups is 2. The lowest BCUT2D eigenvalue weighted by atomic mass is 9.91. The van der Waals surface area contributed by atoms with Crippen molar-refractivity contribution >= 4 is 23.4 Å². The molecule has 0 spiro atoms. The molecule has 0 saturated heterocycles. The number of rotatable bonds is 10. The van der Waals surface area contributed by atoms with E-state index in [9.17, 15) is 14.7 Å². The molecule has 8 nitrogen and oxygen atoms in total. The molecule has 1 aliphatic heterocycles. The van der Waals surface area contributed by atoms with Gasteiger partial charge in [-0.25, -0.2) is 9.59 Å². The first kappa shape index (κ1) is 34.8. The lowest BCUT2D eigenvalue weighted by molar-refractivity contribution is 0.00686. The fraction of sp³-hybridized carbons (Fsp3) is 0.474. The summed E-state index contributed by atoms with van der Waals surface area (Å²) in [4.78, 5) is 26.6. The van der Waals surface area contributed by atoms with Gasteiger partial charge in [0.2, 0.25) is 0 Å². The summed E-state index contributed by atoms with van der Waals surface area (Å²) in [6, 6.07) is 17.6. The zero-order valence-electron chi connectivity index (χ0n) is 28.5. The third-order valence-electron chi connectivity index (χ3n) is 8.11. The number of hydrogen-bond acceptors (Lipinski definition) is 7. The second-order valence-corrected chi connectivity index (χ2v) is 14.3. The number of aryl methyl sites for hydroxylation is 1. The molecule has 0 aliphatic carbocycles. The van der Waals surface area contributed by atoms with Crippen LogP contribution >= 0.6 is 0 Å². The van der Waals surface area contributed by atoms with Crippen molar-refractivity contribution in [2.75, 3.05) is 24.1 Å². The van der Waals surface area contributed by atoms with Crippen LogP contribution < -0.4 is 11.1 Å². The molecule has 1 heterocycles. The predicted octanol–water partition coefficient (Wildman–Crippen LogP) is 7.73. The molecule has 0 aromatic heterocycles. The van der Waals surface area contributed by atoms with E-state index in [0.717, 1.165) is 66.6 Å². The summed E-state index contributed by atoms with van der Waals surface area (Å²) in [5.74, 6) is -0.297. The molecule has 1 unspecified atom stereocenters. The maximum Gasteiger partial charge on any atom is 0.410 e. The zero-order valence-corrected chi connectivity index (χ0v) is 28.5. The van der Waals surface area contributed by atoms with Crippen LogP contribution in [0.5, 0.6) is 0 Å². The van der Waals surface area contributed by atoms with Crippen molar-refractivity contribution in [3.05, 3.63) is 93.5 Å². The highest BCUT2D eigenvalue weighted by atomic mass is 16.6. The number of ether oxygens (including phenoxy) is 2. The van der Waals surface area contributed by atoms with Gasteiger partial charge in [0.1, 0.15) is 17.3 Å². The molecular formula is C38H51N3O5. The number of nitrogens with two attached hydrogens (primary N) is 1. The number of amides is 1. The summed E-state index contributed by atoms with van der Waals surface area (Å²) in [6.07, 6.45) is 3.64. The number of nitrogens with zero attached hydrogens (tertiary/aromatic N) is 1. The number of aliphatic hydroxyl groups excluding tert-OH is 1. The molecule has 3 aromatic rings. The summed E-state index contributed by atoms with van der Waals surface area (Å²) in [5, 5.41) is 14.8. The third kappa shape index (κ3) is 9.49. The smallest absolute Gasteiger partial charge is 0.410 e.